The van der Waals surface area contributed by atoms with Crippen molar-refractivity contribution in [3.63, 3.8) is 0 Å². The highest BCUT2D eigenvalue weighted by Crippen LogP contribution is 2.48. The van der Waals surface area contributed by atoms with E-state index in [1.165, 1.54) is 186 Å². The maximum absolute atomic E-state index is 10.3. The third kappa shape index (κ3) is 20.3. The summed E-state index contributed by atoms with van der Waals surface area (Å²) in [6.07, 6.45) is 42.7. The summed E-state index contributed by atoms with van der Waals surface area (Å²) in [5.74, 6) is 5.13. The number of hydrogen-bond donors (Lipinski definition) is 1. The molecule has 0 bridgehead atoms. The number of unbranched alkanes of at least 4 members (excludes halogenated alkanes) is 17. The lowest BCUT2D eigenvalue weighted by atomic mass is 9.61. The Kier molecular flexibility index (Phi) is 25.0. The molecule has 2 saturated carbocycles. The van der Waals surface area contributed by atoms with Crippen molar-refractivity contribution in [3.05, 3.63) is 4.91 Å². The van der Waals surface area contributed by atoms with Crippen molar-refractivity contribution in [2.24, 2.45) is 34.8 Å². The summed E-state index contributed by atoms with van der Waals surface area (Å²) in [6, 6.07) is 0. The summed E-state index contributed by atoms with van der Waals surface area (Å²) in [4.78, 5) is 15.3. The second-order valence-corrected chi connectivity index (χ2v) is 14.8. The molecule has 2 fully saturated rings. The maximum atomic E-state index is 10.3. The van der Waals surface area contributed by atoms with Crippen LogP contribution < -0.4 is 5.48 Å². The zero-order valence-electron chi connectivity index (χ0n) is 29.3. The van der Waals surface area contributed by atoms with Gasteiger partial charge < -0.3 is 4.84 Å². The van der Waals surface area contributed by atoms with E-state index in [2.05, 4.69) is 17.6 Å². The second kappa shape index (κ2) is 27.8. The first kappa shape index (κ1) is 38.7. The van der Waals surface area contributed by atoms with Gasteiger partial charge in [0, 0.05) is 6.54 Å². The van der Waals surface area contributed by atoms with Gasteiger partial charge in [-0.05, 0) is 68.1 Å². The monoisotopic (exact) mass is 605 g/mol. The topological polar surface area (TPSA) is 50.7 Å². The van der Waals surface area contributed by atoms with Gasteiger partial charge in [-0.2, -0.15) is 4.91 Å². The van der Waals surface area contributed by atoms with Gasteiger partial charge in [0.05, 0.1) is 13.7 Å². The van der Waals surface area contributed by atoms with E-state index in [1.807, 2.05) is 0 Å². The lowest BCUT2D eigenvalue weighted by Gasteiger charge is -2.44. The van der Waals surface area contributed by atoms with Crippen LogP contribution in [-0.4, -0.2) is 20.2 Å². The molecule has 0 spiro atoms. The van der Waals surface area contributed by atoms with Crippen LogP contribution in [0.2, 0.25) is 0 Å². The zero-order chi connectivity index (χ0) is 30.6. The highest BCUT2D eigenvalue weighted by Gasteiger charge is 2.37. The first-order valence-electron chi connectivity index (χ1n) is 19.8. The molecule has 2 rings (SSSR count). The molecule has 0 heterocycles. The minimum absolute atomic E-state index is 0.511. The molecule has 4 unspecified atom stereocenters. The SMILES string of the molecule is CCCCCC1CCC(CCCCCCCCCN=O)C(CCCCCCCCCNOC)C1CCCCCCC1CC1. The van der Waals surface area contributed by atoms with Crippen LogP contribution in [0.15, 0.2) is 5.18 Å². The number of nitroso groups, excluding NO2 is 1. The molecule has 4 heteroatoms. The number of nitrogens with zero attached hydrogens (tertiary/aromatic N) is 1. The van der Waals surface area contributed by atoms with Crippen LogP contribution >= 0.6 is 0 Å². The largest absolute Gasteiger partial charge is 0.305 e. The Labute approximate surface area is 269 Å². The first-order chi connectivity index (χ1) is 21.3. The smallest absolute Gasteiger partial charge is 0.0811 e. The molecule has 0 saturated heterocycles. The van der Waals surface area contributed by atoms with Crippen molar-refractivity contribution < 1.29 is 4.84 Å². The Hall–Kier alpha value is -0.480. The van der Waals surface area contributed by atoms with Gasteiger partial charge >= 0.3 is 0 Å². The van der Waals surface area contributed by atoms with Crippen molar-refractivity contribution in [1.29, 1.82) is 0 Å². The molecule has 254 valence electrons. The molecule has 2 aliphatic rings. The fourth-order valence-corrected chi connectivity index (χ4v) is 8.43. The van der Waals surface area contributed by atoms with Gasteiger partial charge in [0.2, 0.25) is 0 Å². The average molecular weight is 605 g/mol. The maximum Gasteiger partial charge on any atom is 0.0811 e. The molecule has 0 aromatic rings. The first-order valence-corrected chi connectivity index (χ1v) is 19.8. The summed E-state index contributed by atoms with van der Waals surface area (Å²) in [6.45, 7) is 3.87. The quantitative estimate of drug-likeness (QED) is 0.0472. The number of rotatable bonds is 32. The van der Waals surface area contributed by atoms with Crippen LogP contribution in [0.1, 0.15) is 200 Å². The molecule has 4 atom stereocenters. The van der Waals surface area contributed by atoms with Crippen molar-refractivity contribution in [2.45, 2.75) is 200 Å². The molecule has 43 heavy (non-hydrogen) atoms. The third-order valence-electron chi connectivity index (χ3n) is 11.2. The Morgan fingerprint density at radius 3 is 1.47 bits per heavy atom. The van der Waals surface area contributed by atoms with E-state index < -0.39 is 0 Å². The van der Waals surface area contributed by atoms with Crippen molar-refractivity contribution in [3.8, 4) is 0 Å². The lowest BCUT2D eigenvalue weighted by Crippen LogP contribution is -2.35. The van der Waals surface area contributed by atoms with Crippen LogP contribution in [0.3, 0.4) is 0 Å². The van der Waals surface area contributed by atoms with Crippen LogP contribution in [-0.2, 0) is 4.84 Å². The predicted molar refractivity (Wildman–Crippen MR) is 187 cm³/mol. The fourth-order valence-electron chi connectivity index (χ4n) is 8.43. The highest BCUT2D eigenvalue weighted by molar-refractivity contribution is 4.88. The standard InChI is InChI=1S/C39H76N2O2/c1-3-4-17-25-36-31-32-37(26-19-11-7-5-9-15-22-33-40-42)39(27-20-12-8-6-10-16-23-34-41-43-2)38(36)28-21-14-13-18-24-35-29-30-35/h35-39,41H,3-34H2,1-2H3. The van der Waals surface area contributed by atoms with Crippen LogP contribution in [0.5, 0.6) is 0 Å². The summed E-state index contributed by atoms with van der Waals surface area (Å²) in [5, 5.41) is 3.01. The molecule has 4 nitrogen and oxygen atoms in total. The number of hydroxylamine groups is 1. The molecule has 0 aliphatic heterocycles. The minimum Gasteiger partial charge on any atom is -0.305 e. The van der Waals surface area contributed by atoms with E-state index in [1.54, 1.807) is 7.11 Å². The Balaban J connectivity index is 1.82. The van der Waals surface area contributed by atoms with Crippen LogP contribution in [0.25, 0.3) is 0 Å². The van der Waals surface area contributed by atoms with Crippen molar-refractivity contribution in [1.82, 2.24) is 5.48 Å². The normalized spacial score (nSPS) is 22.3. The highest BCUT2D eigenvalue weighted by atomic mass is 16.6. The van der Waals surface area contributed by atoms with Crippen LogP contribution in [0.4, 0.5) is 0 Å². The minimum atomic E-state index is 0.511. The van der Waals surface area contributed by atoms with Crippen molar-refractivity contribution in [2.75, 3.05) is 20.2 Å². The fraction of sp³-hybridized carbons (Fsp3) is 1.00. The van der Waals surface area contributed by atoms with Crippen molar-refractivity contribution >= 4 is 0 Å². The molecule has 0 aromatic heterocycles. The molecule has 0 amide bonds. The zero-order valence-corrected chi connectivity index (χ0v) is 29.3. The van der Waals surface area contributed by atoms with E-state index in [4.69, 9.17) is 4.84 Å². The summed E-state index contributed by atoms with van der Waals surface area (Å²) < 4.78 is 0. The van der Waals surface area contributed by atoms with E-state index in [0.717, 1.165) is 42.6 Å². The van der Waals surface area contributed by atoms with Gasteiger partial charge in [0.1, 0.15) is 0 Å². The predicted octanol–water partition coefficient (Wildman–Crippen LogP) is 12.7. The lowest BCUT2D eigenvalue weighted by molar-refractivity contribution is 0.0581. The van der Waals surface area contributed by atoms with Gasteiger partial charge in [-0.25, -0.2) is 5.48 Å². The van der Waals surface area contributed by atoms with Gasteiger partial charge in [0.25, 0.3) is 0 Å². The Morgan fingerprint density at radius 2 is 0.977 bits per heavy atom. The van der Waals surface area contributed by atoms with Gasteiger partial charge in [0.15, 0.2) is 0 Å². The number of nitrogens with one attached hydrogen (secondary N) is 1. The average Bonchev–Trinajstić information content (AvgIpc) is 3.85. The van der Waals surface area contributed by atoms with E-state index >= 15 is 0 Å². The Morgan fingerprint density at radius 1 is 0.535 bits per heavy atom. The molecular weight excluding hydrogens is 528 g/mol. The van der Waals surface area contributed by atoms with Gasteiger partial charge in [-0.3, -0.25) is 0 Å². The summed E-state index contributed by atoms with van der Waals surface area (Å²) in [5.41, 5.74) is 2.98. The third-order valence-corrected chi connectivity index (χ3v) is 11.2. The Bertz CT molecular complexity index is 610. The van der Waals surface area contributed by atoms with E-state index in [9.17, 15) is 4.91 Å². The van der Waals surface area contributed by atoms with E-state index in [0.29, 0.717) is 6.54 Å². The second-order valence-electron chi connectivity index (χ2n) is 14.8. The van der Waals surface area contributed by atoms with E-state index in [-0.39, 0.29) is 0 Å². The summed E-state index contributed by atoms with van der Waals surface area (Å²) in [7, 11) is 1.71. The molecule has 0 aromatic carbocycles. The number of hydrogen-bond acceptors (Lipinski definition) is 4. The summed E-state index contributed by atoms with van der Waals surface area (Å²) >= 11 is 0. The molecular formula is C39H76N2O2. The molecule has 2 aliphatic carbocycles. The molecule has 1 N–H and O–H groups in total. The molecule has 0 radical (unpaired) electrons. The van der Waals surface area contributed by atoms with Gasteiger partial charge in [-0.1, -0.05) is 166 Å². The van der Waals surface area contributed by atoms with Gasteiger partial charge in [-0.15, -0.1) is 0 Å². The van der Waals surface area contributed by atoms with Crippen LogP contribution in [0, 0.1) is 34.5 Å².